The van der Waals surface area contributed by atoms with Gasteiger partial charge in [0.1, 0.15) is 0 Å². The molecule has 0 aliphatic carbocycles. The fourth-order valence-corrected chi connectivity index (χ4v) is 5.76. The Labute approximate surface area is 202 Å². The smallest absolute Gasteiger partial charge is 0.267 e. The van der Waals surface area contributed by atoms with Gasteiger partial charge >= 0.3 is 0 Å². The number of hydrogen-bond acceptors (Lipinski definition) is 5. The number of benzene rings is 2. The fourth-order valence-electron chi connectivity index (χ4n) is 4.84. The predicted molar refractivity (Wildman–Crippen MR) is 136 cm³/mol. The van der Waals surface area contributed by atoms with Crippen LogP contribution in [0.15, 0.2) is 58.5 Å². The van der Waals surface area contributed by atoms with Gasteiger partial charge in [0, 0.05) is 12.6 Å². The monoisotopic (exact) mass is 475 g/mol. The maximum atomic E-state index is 13.5. The number of aromatic nitrogens is 4. The van der Waals surface area contributed by atoms with E-state index in [0.717, 1.165) is 42.6 Å². The van der Waals surface area contributed by atoms with Crippen molar-refractivity contribution in [2.45, 2.75) is 62.9 Å². The summed E-state index contributed by atoms with van der Waals surface area (Å²) in [6, 6.07) is 15.6. The average molecular weight is 476 g/mol. The molecule has 1 fully saturated rings. The summed E-state index contributed by atoms with van der Waals surface area (Å²) >= 11 is 1.40. The molecule has 5 rings (SSSR count). The number of hydrogen-bond donors (Lipinski definition) is 0. The molecule has 4 aromatic rings. The lowest BCUT2D eigenvalue weighted by Crippen LogP contribution is -2.46. The van der Waals surface area contributed by atoms with Gasteiger partial charge in [0.15, 0.2) is 5.16 Å². The molecule has 2 aromatic carbocycles. The van der Waals surface area contributed by atoms with E-state index in [1.165, 1.54) is 18.2 Å². The lowest BCUT2D eigenvalue weighted by Gasteiger charge is -2.36. The number of para-hydroxylation sites is 1. The van der Waals surface area contributed by atoms with Gasteiger partial charge in [-0.15, -0.1) is 10.2 Å². The first kappa shape index (κ1) is 22.7. The predicted octanol–water partition coefficient (Wildman–Crippen LogP) is 4.61. The second kappa shape index (κ2) is 9.25. The van der Waals surface area contributed by atoms with Gasteiger partial charge in [-0.05, 0) is 63.8 Å². The largest absolute Gasteiger partial charge is 0.339 e. The molecule has 3 heterocycles. The molecule has 2 atom stereocenters. The number of likely N-dealkylation sites (tertiary alicyclic amines) is 1. The Morgan fingerprint density at radius 1 is 1.12 bits per heavy atom. The van der Waals surface area contributed by atoms with Crippen LogP contribution in [0.1, 0.15) is 45.1 Å². The van der Waals surface area contributed by atoms with Gasteiger partial charge < -0.3 is 4.90 Å². The molecule has 2 unspecified atom stereocenters. The standard InChI is InChI=1S/C26H29N5O2S/c1-4-19-9-7-8-16-29(19)23(32)18(3)34-26-28-27-25-30(20-14-12-17(2)13-15-20)24(33)21-10-5-6-11-22(21)31(25)26/h5-6,10-15,18-19H,4,7-9,16H2,1-3H3. The SMILES string of the molecule is CCC1CCCCN1C(=O)C(C)Sc1nnc2n(-c3ccc(C)cc3)c(=O)c3ccccc3n12. The number of carbonyl (C=O) groups is 1. The Hall–Kier alpha value is -3.13. The topological polar surface area (TPSA) is 72.5 Å². The van der Waals surface area contributed by atoms with Crippen LogP contribution < -0.4 is 5.56 Å². The van der Waals surface area contributed by atoms with E-state index < -0.39 is 0 Å². The highest BCUT2D eigenvalue weighted by molar-refractivity contribution is 8.00. The highest BCUT2D eigenvalue weighted by Crippen LogP contribution is 2.29. The van der Waals surface area contributed by atoms with Crippen LogP contribution in [0.2, 0.25) is 0 Å². The number of carbonyl (C=O) groups excluding carboxylic acids is 1. The Bertz CT molecular complexity index is 1410. The minimum atomic E-state index is -0.307. The van der Waals surface area contributed by atoms with Gasteiger partial charge in [0.25, 0.3) is 5.56 Å². The molecule has 7 nitrogen and oxygen atoms in total. The van der Waals surface area contributed by atoms with E-state index in [1.54, 1.807) is 4.57 Å². The van der Waals surface area contributed by atoms with Crippen LogP contribution in [0.25, 0.3) is 22.4 Å². The summed E-state index contributed by atoms with van der Waals surface area (Å²) in [7, 11) is 0. The van der Waals surface area contributed by atoms with Crippen LogP contribution in [0.4, 0.5) is 0 Å². The molecule has 2 aromatic heterocycles. The van der Waals surface area contributed by atoms with Crippen molar-refractivity contribution in [3.63, 3.8) is 0 Å². The summed E-state index contributed by atoms with van der Waals surface area (Å²) in [5, 5.41) is 9.74. The third-order valence-electron chi connectivity index (χ3n) is 6.70. The number of thioether (sulfide) groups is 1. The molecule has 1 amide bonds. The molecule has 0 radical (unpaired) electrons. The molecular weight excluding hydrogens is 446 g/mol. The Balaban J connectivity index is 1.60. The molecule has 34 heavy (non-hydrogen) atoms. The quantitative estimate of drug-likeness (QED) is 0.394. The third kappa shape index (κ3) is 3.90. The van der Waals surface area contributed by atoms with E-state index in [-0.39, 0.29) is 16.7 Å². The van der Waals surface area contributed by atoms with Crippen LogP contribution >= 0.6 is 11.8 Å². The maximum absolute atomic E-state index is 13.5. The first-order valence-corrected chi connectivity index (χ1v) is 12.8. The van der Waals surface area contributed by atoms with Crippen LogP contribution in [0.3, 0.4) is 0 Å². The molecule has 1 saturated heterocycles. The van der Waals surface area contributed by atoms with Gasteiger partial charge in [-0.2, -0.15) is 0 Å². The summed E-state index contributed by atoms with van der Waals surface area (Å²) in [6.07, 6.45) is 4.29. The molecule has 0 saturated carbocycles. The molecule has 1 aliphatic heterocycles. The van der Waals surface area contributed by atoms with E-state index in [0.29, 0.717) is 22.4 Å². The van der Waals surface area contributed by atoms with Crippen molar-refractivity contribution in [2.75, 3.05) is 6.54 Å². The minimum Gasteiger partial charge on any atom is -0.339 e. The molecule has 1 aliphatic rings. The molecule has 8 heteroatoms. The highest BCUT2D eigenvalue weighted by Gasteiger charge is 2.30. The lowest BCUT2D eigenvalue weighted by atomic mass is 10.00. The number of piperidine rings is 1. The summed E-state index contributed by atoms with van der Waals surface area (Å²) in [5.41, 5.74) is 2.45. The number of nitrogens with zero attached hydrogens (tertiary/aromatic N) is 5. The average Bonchev–Trinajstić information content (AvgIpc) is 3.28. The van der Waals surface area contributed by atoms with Gasteiger partial charge in [-0.3, -0.25) is 14.0 Å². The first-order chi connectivity index (χ1) is 16.5. The fraction of sp³-hybridized carbons (Fsp3) is 0.385. The molecule has 0 N–H and O–H groups in total. The molecule has 0 spiro atoms. The molecular formula is C26H29N5O2S. The number of rotatable bonds is 5. The summed E-state index contributed by atoms with van der Waals surface area (Å²) in [6.45, 7) is 6.92. The lowest BCUT2D eigenvalue weighted by molar-refractivity contribution is -0.134. The molecule has 0 bridgehead atoms. The third-order valence-corrected chi connectivity index (χ3v) is 7.73. The normalized spacial score (nSPS) is 17.4. The minimum absolute atomic E-state index is 0.140. The molecule has 176 valence electrons. The van der Waals surface area contributed by atoms with E-state index in [2.05, 4.69) is 17.1 Å². The van der Waals surface area contributed by atoms with Crippen molar-refractivity contribution in [1.82, 2.24) is 24.1 Å². The number of amides is 1. The zero-order valence-electron chi connectivity index (χ0n) is 19.8. The van der Waals surface area contributed by atoms with Gasteiger partial charge in [0.2, 0.25) is 11.7 Å². The second-order valence-electron chi connectivity index (χ2n) is 8.96. The summed E-state index contributed by atoms with van der Waals surface area (Å²) in [4.78, 5) is 28.9. The van der Waals surface area contributed by atoms with Crippen molar-refractivity contribution < 1.29 is 4.79 Å². The Morgan fingerprint density at radius 3 is 2.65 bits per heavy atom. The first-order valence-electron chi connectivity index (χ1n) is 11.9. The zero-order chi connectivity index (χ0) is 23.8. The Morgan fingerprint density at radius 2 is 1.88 bits per heavy atom. The van der Waals surface area contributed by atoms with Gasteiger partial charge in [-0.1, -0.05) is 48.5 Å². The van der Waals surface area contributed by atoms with Crippen molar-refractivity contribution >= 4 is 34.3 Å². The van der Waals surface area contributed by atoms with Crippen molar-refractivity contribution in [3.05, 3.63) is 64.4 Å². The van der Waals surface area contributed by atoms with Crippen LogP contribution in [0, 0.1) is 6.92 Å². The second-order valence-corrected chi connectivity index (χ2v) is 10.3. The summed E-state index contributed by atoms with van der Waals surface area (Å²) < 4.78 is 3.50. The van der Waals surface area contributed by atoms with Crippen molar-refractivity contribution in [1.29, 1.82) is 0 Å². The van der Waals surface area contributed by atoms with E-state index >= 15 is 0 Å². The Kier molecular flexibility index (Phi) is 6.16. The highest BCUT2D eigenvalue weighted by atomic mass is 32.2. The van der Waals surface area contributed by atoms with E-state index in [1.807, 2.05) is 71.7 Å². The van der Waals surface area contributed by atoms with E-state index in [4.69, 9.17) is 0 Å². The van der Waals surface area contributed by atoms with Gasteiger partial charge in [0.05, 0.1) is 21.8 Å². The zero-order valence-corrected chi connectivity index (χ0v) is 20.6. The maximum Gasteiger partial charge on any atom is 0.267 e. The van der Waals surface area contributed by atoms with Gasteiger partial charge in [-0.25, -0.2) is 4.57 Å². The van der Waals surface area contributed by atoms with Crippen LogP contribution in [-0.2, 0) is 4.79 Å². The van der Waals surface area contributed by atoms with Crippen molar-refractivity contribution in [2.24, 2.45) is 0 Å². The summed E-state index contributed by atoms with van der Waals surface area (Å²) in [5.74, 6) is 0.587. The van der Waals surface area contributed by atoms with E-state index in [9.17, 15) is 9.59 Å². The number of aryl methyl sites for hydroxylation is 1. The van der Waals surface area contributed by atoms with Crippen molar-refractivity contribution in [3.8, 4) is 5.69 Å². The van der Waals surface area contributed by atoms with Crippen LogP contribution in [0.5, 0.6) is 0 Å². The van der Waals surface area contributed by atoms with Crippen LogP contribution in [-0.4, -0.2) is 47.8 Å². The number of fused-ring (bicyclic) bond motifs is 3.